The average molecular weight is 261 g/mol. The molecule has 6 heteroatoms. The molecule has 1 atom stereocenters. The summed E-state index contributed by atoms with van der Waals surface area (Å²) in [6.07, 6.45) is 7.36. The van der Waals surface area contributed by atoms with Gasteiger partial charge in [-0.25, -0.2) is 9.97 Å². The van der Waals surface area contributed by atoms with Gasteiger partial charge in [0.25, 0.3) is 0 Å². The molecule has 2 aromatic rings. The normalized spacial score (nSPS) is 12.4. The number of aromatic nitrogens is 4. The maximum atomic E-state index is 5.12. The molecule has 19 heavy (non-hydrogen) atoms. The SMILES string of the molecule is CNC(CCc1cnn(C)c1)c1cc(OC)ncn1. The van der Waals surface area contributed by atoms with Gasteiger partial charge >= 0.3 is 0 Å². The smallest absolute Gasteiger partial charge is 0.216 e. The quantitative estimate of drug-likeness (QED) is 0.844. The lowest BCUT2D eigenvalue weighted by Crippen LogP contribution is -2.18. The number of ether oxygens (including phenoxy) is 1. The minimum Gasteiger partial charge on any atom is -0.481 e. The van der Waals surface area contributed by atoms with Gasteiger partial charge in [-0.15, -0.1) is 0 Å². The first-order valence-corrected chi connectivity index (χ1v) is 6.23. The Morgan fingerprint density at radius 3 is 2.89 bits per heavy atom. The van der Waals surface area contributed by atoms with E-state index < -0.39 is 0 Å². The Kier molecular flexibility index (Phi) is 4.46. The zero-order chi connectivity index (χ0) is 13.7. The van der Waals surface area contributed by atoms with Crippen molar-refractivity contribution in [2.75, 3.05) is 14.2 Å². The van der Waals surface area contributed by atoms with Crippen LogP contribution in [0.5, 0.6) is 5.88 Å². The fourth-order valence-electron chi connectivity index (χ4n) is 2.01. The molecule has 2 aromatic heterocycles. The van der Waals surface area contributed by atoms with E-state index in [1.165, 1.54) is 11.9 Å². The van der Waals surface area contributed by atoms with E-state index in [4.69, 9.17) is 4.74 Å². The molecule has 0 aliphatic rings. The minimum absolute atomic E-state index is 0.178. The van der Waals surface area contributed by atoms with Crippen LogP contribution < -0.4 is 10.1 Å². The second kappa shape index (κ2) is 6.29. The summed E-state index contributed by atoms with van der Waals surface area (Å²) in [6, 6.07) is 2.04. The lowest BCUT2D eigenvalue weighted by atomic mass is 10.1. The van der Waals surface area contributed by atoms with Crippen LogP contribution in [0.1, 0.15) is 23.7 Å². The highest BCUT2D eigenvalue weighted by molar-refractivity contribution is 5.17. The first-order chi connectivity index (χ1) is 9.22. The summed E-state index contributed by atoms with van der Waals surface area (Å²) >= 11 is 0. The molecule has 2 rings (SSSR count). The largest absolute Gasteiger partial charge is 0.481 e. The molecule has 0 fully saturated rings. The van der Waals surface area contributed by atoms with E-state index in [1.807, 2.05) is 37.2 Å². The third-order valence-electron chi connectivity index (χ3n) is 3.06. The Bertz CT molecular complexity index is 525. The molecule has 0 spiro atoms. The van der Waals surface area contributed by atoms with E-state index in [1.54, 1.807) is 7.11 Å². The van der Waals surface area contributed by atoms with Crippen molar-refractivity contribution < 1.29 is 4.74 Å². The Morgan fingerprint density at radius 1 is 1.42 bits per heavy atom. The topological polar surface area (TPSA) is 64.9 Å². The number of hydrogen-bond donors (Lipinski definition) is 1. The lowest BCUT2D eigenvalue weighted by Gasteiger charge is -2.15. The number of methoxy groups -OCH3 is 1. The maximum absolute atomic E-state index is 5.12. The number of nitrogens with zero attached hydrogens (tertiary/aromatic N) is 4. The molecule has 0 aliphatic heterocycles. The van der Waals surface area contributed by atoms with E-state index in [-0.39, 0.29) is 6.04 Å². The molecule has 2 heterocycles. The van der Waals surface area contributed by atoms with Crippen molar-refractivity contribution in [2.45, 2.75) is 18.9 Å². The molecule has 0 aromatic carbocycles. The van der Waals surface area contributed by atoms with Crippen molar-refractivity contribution in [3.05, 3.63) is 36.0 Å². The van der Waals surface area contributed by atoms with Gasteiger partial charge in [0.15, 0.2) is 0 Å². The van der Waals surface area contributed by atoms with Gasteiger partial charge < -0.3 is 10.1 Å². The van der Waals surface area contributed by atoms with Gasteiger partial charge in [0.2, 0.25) is 5.88 Å². The van der Waals surface area contributed by atoms with Gasteiger partial charge in [0.05, 0.1) is 19.0 Å². The highest BCUT2D eigenvalue weighted by Crippen LogP contribution is 2.19. The summed E-state index contributed by atoms with van der Waals surface area (Å²) in [6.45, 7) is 0. The third-order valence-corrected chi connectivity index (χ3v) is 3.06. The van der Waals surface area contributed by atoms with Crippen LogP contribution in [0.25, 0.3) is 0 Å². The van der Waals surface area contributed by atoms with Crippen LogP contribution in [0.15, 0.2) is 24.8 Å². The van der Waals surface area contributed by atoms with Gasteiger partial charge in [-0.2, -0.15) is 5.10 Å². The molecule has 0 saturated carbocycles. The van der Waals surface area contributed by atoms with E-state index in [9.17, 15) is 0 Å². The molecule has 1 N–H and O–H groups in total. The monoisotopic (exact) mass is 261 g/mol. The van der Waals surface area contributed by atoms with Crippen LogP contribution in [0, 0.1) is 0 Å². The third kappa shape index (κ3) is 3.51. The molecular weight excluding hydrogens is 242 g/mol. The van der Waals surface area contributed by atoms with E-state index in [0.29, 0.717) is 5.88 Å². The highest BCUT2D eigenvalue weighted by Gasteiger charge is 2.12. The van der Waals surface area contributed by atoms with Crippen LogP contribution in [0.3, 0.4) is 0 Å². The Morgan fingerprint density at radius 2 is 2.26 bits per heavy atom. The summed E-state index contributed by atoms with van der Waals surface area (Å²) in [5.74, 6) is 0.589. The summed E-state index contributed by atoms with van der Waals surface area (Å²) in [4.78, 5) is 8.32. The Labute approximate surface area is 112 Å². The van der Waals surface area contributed by atoms with E-state index in [0.717, 1.165) is 18.5 Å². The number of hydrogen-bond acceptors (Lipinski definition) is 5. The zero-order valence-electron chi connectivity index (χ0n) is 11.5. The second-order valence-corrected chi connectivity index (χ2v) is 4.39. The zero-order valence-corrected chi connectivity index (χ0v) is 11.5. The molecule has 0 saturated heterocycles. The predicted octanol–water partition coefficient (Wildman–Crippen LogP) is 1.11. The van der Waals surface area contributed by atoms with Gasteiger partial charge in [-0.3, -0.25) is 4.68 Å². The predicted molar refractivity (Wildman–Crippen MR) is 71.9 cm³/mol. The molecular formula is C13H19N5O. The highest BCUT2D eigenvalue weighted by atomic mass is 16.5. The van der Waals surface area contributed by atoms with Crippen LogP contribution in [-0.4, -0.2) is 33.9 Å². The number of rotatable bonds is 6. The van der Waals surface area contributed by atoms with Crippen LogP contribution in [0.4, 0.5) is 0 Å². The maximum Gasteiger partial charge on any atom is 0.216 e. The Balaban J connectivity index is 2.02. The van der Waals surface area contributed by atoms with Crippen LogP contribution in [-0.2, 0) is 13.5 Å². The summed E-state index contributed by atoms with van der Waals surface area (Å²) in [5.41, 5.74) is 2.17. The van der Waals surface area contributed by atoms with Crippen molar-refractivity contribution in [2.24, 2.45) is 7.05 Å². The molecule has 6 nitrogen and oxygen atoms in total. The second-order valence-electron chi connectivity index (χ2n) is 4.39. The first-order valence-electron chi connectivity index (χ1n) is 6.23. The number of nitrogens with one attached hydrogen (secondary N) is 1. The van der Waals surface area contributed by atoms with Gasteiger partial charge in [0, 0.05) is 25.4 Å². The first kappa shape index (κ1) is 13.5. The van der Waals surface area contributed by atoms with Gasteiger partial charge in [0.1, 0.15) is 6.33 Å². The van der Waals surface area contributed by atoms with E-state index in [2.05, 4.69) is 20.4 Å². The molecule has 0 aliphatic carbocycles. The summed E-state index contributed by atoms with van der Waals surface area (Å²) in [5, 5.41) is 7.44. The van der Waals surface area contributed by atoms with Crippen molar-refractivity contribution in [1.29, 1.82) is 0 Å². The lowest BCUT2D eigenvalue weighted by molar-refractivity contribution is 0.393. The summed E-state index contributed by atoms with van der Waals surface area (Å²) < 4.78 is 6.94. The summed E-state index contributed by atoms with van der Waals surface area (Å²) in [7, 11) is 5.47. The fourth-order valence-corrected chi connectivity index (χ4v) is 2.01. The van der Waals surface area contributed by atoms with Crippen LogP contribution >= 0.6 is 0 Å². The van der Waals surface area contributed by atoms with Crippen molar-refractivity contribution >= 4 is 0 Å². The molecule has 0 amide bonds. The molecule has 0 bridgehead atoms. The van der Waals surface area contributed by atoms with Crippen LogP contribution in [0.2, 0.25) is 0 Å². The standard InChI is InChI=1S/C13H19N5O/c1-14-11(5-4-10-7-17-18(2)8-10)12-6-13(19-3)16-9-15-12/h6-9,11,14H,4-5H2,1-3H3. The average Bonchev–Trinajstić information content (AvgIpc) is 2.85. The van der Waals surface area contributed by atoms with Crippen molar-refractivity contribution in [3.8, 4) is 5.88 Å². The molecule has 1 unspecified atom stereocenters. The number of aryl methyl sites for hydroxylation is 2. The van der Waals surface area contributed by atoms with Gasteiger partial charge in [-0.1, -0.05) is 0 Å². The fraction of sp³-hybridized carbons (Fsp3) is 0.462. The molecule has 102 valence electrons. The van der Waals surface area contributed by atoms with Crippen molar-refractivity contribution in [1.82, 2.24) is 25.1 Å². The Hall–Kier alpha value is -1.95. The molecule has 0 radical (unpaired) electrons. The van der Waals surface area contributed by atoms with E-state index >= 15 is 0 Å². The minimum atomic E-state index is 0.178. The van der Waals surface area contributed by atoms with Crippen molar-refractivity contribution in [3.63, 3.8) is 0 Å². The van der Waals surface area contributed by atoms with Gasteiger partial charge in [-0.05, 0) is 25.5 Å².